The lowest BCUT2D eigenvalue weighted by atomic mass is 9.88. The molecule has 2 amide bonds. The van der Waals surface area contributed by atoms with Crippen molar-refractivity contribution in [2.45, 2.75) is 32.3 Å². The molecule has 2 aliphatic rings. The lowest BCUT2D eigenvalue weighted by Gasteiger charge is -2.26. The van der Waals surface area contributed by atoms with Crippen molar-refractivity contribution in [1.29, 1.82) is 0 Å². The van der Waals surface area contributed by atoms with Crippen molar-refractivity contribution < 1.29 is 19.4 Å². The Morgan fingerprint density at radius 2 is 2.00 bits per heavy atom. The summed E-state index contributed by atoms with van der Waals surface area (Å²) in [5.74, 6) is 0.981. The topological polar surface area (TPSA) is 78.9 Å². The fourth-order valence-corrected chi connectivity index (χ4v) is 3.56. The van der Waals surface area contributed by atoms with Crippen molar-refractivity contribution in [3.05, 3.63) is 29.8 Å². The second-order valence-electron chi connectivity index (χ2n) is 7.21. The number of amides is 2. The van der Waals surface area contributed by atoms with Crippen LogP contribution in [0, 0.1) is 11.8 Å². The van der Waals surface area contributed by atoms with Crippen LogP contribution in [0.3, 0.4) is 0 Å². The Bertz CT molecular complexity index is 641. The van der Waals surface area contributed by atoms with Gasteiger partial charge in [0.1, 0.15) is 12.4 Å². The highest BCUT2D eigenvalue weighted by Gasteiger charge is 2.53. The molecule has 6 nitrogen and oxygen atoms in total. The minimum atomic E-state index is -0.720. The zero-order valence-corrected chi connectivity index (χ0v) is 14.8. The average Bonchev–Trinajstić information content (AvgIpc) is 3.39. The Morgan fingerprint density at radius 3 is 2.60 bits per heavy atom. The summed E-state index contributed by atoms with van der Waals surface area (Å²) in [6, 6.07) is 7.01. The Labute approximate surface area is 148 Å². The van der Waals surface area contributed by atoms with E-state index in [1.54, 1.807) is 29.2 Å². The van der Waals surface area contributed by atoms with E-state index in [1.807, 2.05) is 6.92 Å². The van der Waals surface area contributed by atoms with Crippen molar-refractivity contribution in [2.24, 2.45) is 11.8 Å². The molecule has 2 atom stereocenters. The van der Waals surface area contributed by atoms with Crippen LogP contribution < -0.4 is 10.1 Å². The van der Waals surface area contributed by atoms with E-state index in [2.05, 4.69) is 5.32 Å². The Hall–Kier alpha value is -2.08. The van der Waals surface area contributed by atoms with Crippen molar-refractivity contribution in [3.63, 3.8) is 0 Å². The largest absolute Gasteiger partial charge is 0.492 e. The van der Waals surface area contributed by atoms with Gasteiger partial charge in [-0.1, -0.05) is 6.92 Å². The number of ether oxygens (including phenoxy) is 1. The number of β-amino-alcohol motifs (C(OH)–C–C–N with tert-alkyl or cyclic N) is 1. The van der Waals surface area contributed by atoms with E-state index in [0.717, 1.165) is 12.8 Å². The maximum atomic E-state index is 12.7. The second-order valence-corrected chi connectivity index (χ2v) is 7.21. The minimum absolute atomic E-state index is 0.0479. The predicted molar refractivity (Wildman–Crippen MR) is 93.4 cm³/mol. The van der Waals surface area contributed by atoms with Crippen LogP contribution in [0.15, 0.2) is 24.3 Å². The monoisotopic (exact) mass is 346 g/mol. The van der Waals surface area contributed by atoms with Crippen molar-refractivity contribution >= 4 is 11.8 Å². The Kier molecular flexibility index (Phi) is 4.99. The number of carbonyl (C=O) groups excluding carboxylic acids is 2. The molecule has 1 heterocycles. The molecule has 2 fully saturated rings. The van der Waals surface area contributed by atoms with E-state index in [9.17, 15) is 14.7 Å². The first-order valence-corrected chi connectivity index (χ1v) is 8.89. The van der Waals surface area contributed by atoms with Gasteiger partial charge in [0.2, 0.25) is 5.91 Å². The summed E-state index contributed by atoms with van der Waals surface area (Å²) in [5.41, 5.74) is -0.121. The second kappa shape index (κ2) is 7.04. The molecule has 1 aliphatic carbocycles. The smallest absolute Gasteiger partial charge is 0.253 e. The van der Waals surface area contributed by atoms with Crippen molar-refractivity contribution in [1.82, 2.24) is 10.2 Å². The molecule has 0 bridgehead atoms. The van der Waals surface area contributed by atoms with Gasteiger partial charge in [-0.15, -0.1) is 0 Å². The molecule has 0 radical (unpaired) electrons. The molecule has 3 rings (SSSR count). The van der Waals surface area contributed by atoms with E-state index >= 15 is 0 Å². The number of nitrogens with zero attached hydrogens (tertiary/aromatic N) is 1. The SMILES string of the molecule is CC(=O)NCCOc1ccc(C(=O)N2C[C@@H](C)[C@](O)(C3CC3)C2)cc1. The minimum Gasteiger partial charge on any atom is -0.492 e. The summed E-state index contributed by atoms with van der Waals surface area (Å²) in [6.07, 6.45) is 2.13. The molecule has 1 aliphatic heterocycles. The maximum Gasteiger partial charge on any atom is 0.253 e. The van der Waals surface area contributed by atoms with E-state index in [1.165, 1.54) is 6.92 Å². The number of rotatable bonds is 6. The number of benzene rings is 1. The third-order valence-electron chi connectivity index (χ3n) is 5.21. The first-order chi connectivity index (χ1) is 11.9. The summed E-state index contributed by atoms with van der Waals surface area (Å²) >= 11 is 0. The van der Waals surface area contributed by atoms with Gasteiger partial charge in [-0.05, 0) is 43.0 Å². The van der Waals surface area contributed by atoms with Crippen LogP contribution in [0.1, 0.15) is 37.0 Å². The van der Waals surface area contributed by atoms with E-state index in [-0.39, 0.29) is 17.7 Å². The molecule has 136 valence electrons. The number of aliphatic hydroxyl groups is 1. The van der Waals surface area contributed by atoms with Crippen LogP contribution in [-0.4, -0.2) is 53.7 Å². The molecule has 0 spiro atoms. The van der Waals surface area contributed by atoms with Gasteiger partial charge in [0, 0.05) is 24.9 Å². The van der Waals surface area contributed by atoms with Gasteiger partial charge >= 0.3 is 0 Å². The number of carbonyl (C=O) groups is 2. The summed E-state index contributed by atoms with van der Waals surface area (Å²) in [6.45, 7) is 5.33. The lowest BCUT2D eigenvalue weighted by Crippen LogP contribution is -2.40. The van der Waals surface area contributed by atoms with Gasteiger partial charge in [0.05, 0.1) is 18.7 Å². The molecule has 1 aromatic carbocycles. The van der Waals surface area contributed by atoms with Gasteiger partial charge in [-0.2, -0.15) is 0 Å². The molecule has 6 heteroatoms. The van der Waals surface area contributed by atoms with Crippen LogP contribution in [0.2, 0.25) is 0 Å². The quantitative estimate of drug-likeness (QED) is 0.764. The fourth-order valence-electron chi connectivity index (χ4n) is 3.56. The molecule has 1 saturated heterocycles. The van der Waals surface area contributed by atoms with Crippen LogP contribution in [0.25, 0.3) is 0 Å². The highest BCUT2D eigenvalue weighted by Crippen LogP contribution is 2.47. The summed E-state index contributed by atoms with van der Waals surface area (Å²) < 4.78 is 5.53. The number of nitrogens with one attached hydrogen (secondary N) is 1. The first kappa shape index (κ1) is 17.7. The third kappa shape index (κ3) is 3.95. The number of likely N-dealkylation sites (tertiary alicyclic amines) is 1. The fraction of sp³-hybridized carbons (Fsp3) is 0.579. The van der Waals surface area contributed by atoms with Gasteiger partial charge in [-0.3, -0.25) is 9.59 Å². The highest BCUT2D eigenvalue weighted by atomic mass is 16.5. The number of hydrogen-bond acceptors (Lipinski definition) is 4. The Morgan fingerprint density at radius 1 is 1.32 bits per heavy atom. The zero-order valence-electron chi connectivity index (χ0n) is 14.8. The van der Waals surface area contributed by atoms with Gasteiger partial charge in [0.15, 0.2) is 0 Å². The van der Waals surface area contributed by atoms with Crippen molar-refractivity contribution in [2.75, 3.05) is 26.2 Å². The molecule has 0 aromatic heterocycles. The molecule has 0 unspecified atom stereocenters. The van der Waals surface area contributed by atoms with Crippen LogP contribution >= 0.6 is 0 Å². The van der Waals surface area contributed by atoms with Gasteiger partial charge in [-0.25, -0.2) is 0 Å². The van der Waals surface area contributed by atoms with E-state index in [0.29, 0.717) is 43.5 Å². The molecular formula is C19H26N2O4. The third-order valence-corrected chi connectivity index (χ3v) is 5.21. The normalized spacial score (nSPS) is 25.7. The van der Waals surface area contributed by atoms with Crippen LogP contribution in [-0.2, 0) is 4.79 Å². The van der Waals surface area contributed by atoms with E-state index < -0.39 is 5.60 Å². The predicted octanol–water partition coefficient (Wildman–Crippen LogP) is 1.43. The van der Waals surface area contributed by atoms with Gasteiger partial charge < -0.3 is 20.1 Å². The average molecular weight is 346 g/mol. The van der Waals surface area contributed by atoms with Crippen molar-refractivity contribution in [3.8, 4) is 5.75 Å². The molecular weight excluding hydrogens is 320 g/mol. The van der Waals surface area contributed by atoms with Crippen LogP contribution in [0.5, 0.6) is 5.75 Å². The van der Waals surface area contributed by atoms with Crippen LogP contribution in [0.4, 0.5) is 0 Å². The summed E-state index contributed by atoms with van der Waals surface area (Å²) in [4.78, 5) is 25.2. The Balaban J connectivity index is 1.55. The standard InChI is InChI=1S/C19H26N2O4/c1-13-11-21(12-19(13,24)16-5-6-16)18(23)15-3-7-17(8-4-15)25-10-9-20-14(2)22/h3-4,7-8,13,16,24H,5-6,9-12H2,1-2H3,(H,20,22)/t13-,19+/m1/s1. The van der Waals surface area contributed by atoms with Gasteiger partial charge in [0.25, 0.3) is 5.91 Å². The molecule has 1 aromatic rings. The van der Waals surface area contributed by atoms with E-state index in [4.69, 9.17) is 4.74 Å². The molecule has 1 saturated carbocycles. The summed E-state index contributed by atoms with van der Waals surface area (Å²) in [7, 11) is 0. The maximum absolute atomic E-state index is 12.7. The first-order valence-electron chi connectivity index (χ1n) is 8.89. The molecule has 25 heavy (non-hydrogen) atoms. The molecule has 2 N–H and O–H groups in total. The highest BCUT2D eigenvalue weighted by molar-refractivity contribution is 5.94. The lowest BCUT2D eigenvalue weighted by molar-refractivity contribution is -0.119. The zero-order chi connectivity index (χ0) is 18.0. The summed E-state index contributed by atoms with van der Waals surface area (Å²) in [5, 5.41) is 13.5. The number of hydrogen-bond donors (Lipinski definition) is 2.